The van der Waals surface area contributed by atoms with Gasteiger partial charge in [0.2, 0.25) is 0 Å². The summed E-state index contributed by atoms with van der Waals surface area (Å²) < 4.78 is 0. The van der Waals surface area contributed by atoms with Crippen LogP contribution in [0.3, 0.4) is 0 Å². The van der Waals surface area contributed by atoms with Gasteiger partial charge < -0.3 is 10.6 Å². The molecule has 2 N–H and O–H groups in total. The van der Waals surface area contributed by atoms with E-state index in [1.165, 1.54) is 16.9 Å². The third-order valence-electron chi connectivity index (χ3n) is 3.09. The van der Waals surface area contributed by atoms with Gasteiger partial charge in [0.05, 0.1) is 6.54 Å². The van der Waals surface area contributed by atoms with Gasteiger partial charge in [-0.3, -0.25) is 4.79 Å². The second-order valence-electron chi connectivity index (χ2n) is 4.55. The molecule has 0 spiro atoms. The van der Waals surface area contributed by atoms with Crippen molar-refractivity contribution in [1.29, 1.82) is 0 Å². The van der Waals surface area contributed by atoms with Crippen LogP contribution in [0.2, 0.25) is 0 Å². The largest absolute Gasteiger partial charge is 0.320 e. The molecule has 0 fully saturated rings. The van der Waals surface area contributed by atoms with Crippen molar-refractivity contribution in [3.05, 3.63) is 51.7 Å². The molecular formula is C17H18N2OS. The van der Waals surface area contributed by atoms with Gasteiger partial charge in [-0.25, -0.2) is 0 Å². The van der Waals surface area contributed by atoms with Crippen molar-refractivity contribution in [3.63, 3.8) is 0 Å². The SMILES string of the molecule is CCN(C(=O)c1sccc1C#CCN)c1ccc(C)cc1. The standard InChI is InChI=1S/C17H18N2OS/c1-3-19(15-8-6-13(2)7-9-15)17(20)16-14(5-4-11-18)10-12-21-16/h6-10,12H,3,11,18H2,1-2H3. The number of rotatable bonds is 3. The van der Waals surface area contributed by atoms with E-state index in [2.05, 4.69) is 11.8 Å². The summed E-state index contributed by atoms with van der Waals surface area (Å²) in [6.07, 6.45) is 0. The molecule has 3 nitrogen and oxygen atoms in total. The van der Waals surface area contributed by atoms with Gasteiger partial charge in [-0.15, -0.1) is 11.3 Å². The summed E-state index contributed by atoms with van der Waals surface area (Å²) in [5, 5.41) is 1.89. The first-order valence-electron chi connectivity index (χ1n) is 6.82. The first kappa shape index (κ1) is 15.3. The second-order valence-corrected chi connectivity index (χ2v) is 5.47. The zero-order valence-electron chi connectivity index (χ0n) is 12.2. The van der Waals surface area contributed by atoms with E-state index in [0.29, 0.717) is 18.0 Å². The van der Waals surface area contributed by atoms with Crippen molar-refractivity contribution < 1.29 is 4.79 Å². The normalized spacial score (nSPS) is 9.86. The number of anilines is 1. The second kappa shape index (κ2) is 7.07. The van der Waals surface area contributed by atoms with Gasteiger partial charge in [-0.2, -0.15) is 0 Å². The van der Waals surface area contributed by atoms with E-state index in [1.54, 1.807) is 4.90 Å². The van der Waals surface area contributed by atoms with E-state index in [4.69, 9.17) is 5.73 Å². The van der Waals surface area contributed by atoms with Crippen LogP contribution in [-0.2, 0) is 0 Å². The molecule has 1 heterocycles. The molecule has 4 heteroatoms. The van der Waals surface area contributed by atoms with Crippen molar-refractivity contribution in [2.75, 3.05) is 18.0 Å². The summed E-state index contributed by atoms with van der Waals surface area (Å²) in [5.41, 5.74) is 8.22. The fourth-order valence-electron chi connectivity index (χ4n) is 2.01. The molecule has 1 aromatic carbocycles. The van der Waals surface area contributed by atoms with Gasteiger partial charge in [0.15, 0.2) is 0 Å². The Morgan fingerprint density at radius 1 is 1.29 bits per heavy atom. The maximum absolute atomic E-state index is 12.7. The molecule has 0 bridgehead atoms. The van der Waals surface area contributed by atoms with Gasteiger partial charge in [0, 0.05) is 17.8 Å². The molecule has 0 aliphatic carbocycles. The third kappa shape index (κ3) is 3.52. The molecule has 0 aliphatic rings. The lowest BCUT2D eigenvalue weighted by Crippen LogP contribution is -2.30. The van der Waals surface area contributed by atoms with Gasteiger partial charge >= 0.3 is 0 Å². The molecule has 1 amide bonds. The maximum Gasteiger partial charge on any atom is 0.269 e. The number of thiophene rings is 1. The molecule has 108 valence electrons. The Hall–Kier alpha value is -2.09. The Kier molecular flexibility index (Phi) is 5.15. The van der Waals surface area contributed by atoms with Crippen molar-refractivity contribution in [1.82, 2.24) is 0 Å². The van der Waals surface area contributed by atoms with Crippen LogP contribution in [0.15, 0.2) is 35.7 Å². The molecule has 2 aromatic rings. The average Bonchev–Trinajstić information content (AvgIpc) is 2.96. The Labute approximate surface area is 129 Å². The highest BCUT2D eigenvalue weighted by Gasteiger charge is 2.19. The molecule has 0 saturated carbocycles. The molecule has 0 atom stereocenters. The van der Waals surface area contributed by atoms with Crippen LogP contribution in [0.1, 0.15) is 27.7 Å². The number of benzene rings is 1. The lowest BCUT2D eigenvalue weighted by molar-refractivity contribution is 0.0992. The molecule has 0 unspecified atom stereocenters. The summed E-state index contributed by atoms with van der Waals surface area (Å²) >= 11 is 1.42. The Morgan fingerprint density at radius 3 is 2.62 bits per heavy atom. The maximum atomic E-state index is 12.7. The molecule has 0 aliphatic heterocycles. The smallest absolute Gasteiger partial charge is 0.269 e. The van der Waals surface area contributed by atoms with Crippen LogP contribution >= 0.6 is 11.3 Å². The molecular weight excluding hydrogens is 280 g/mol. The molecule has 0 radical (unpaired) electrons. The first-order chi connectivity index (χ1) is 10.2. The number of amides is 1. The summed E-state index contributed by atoms with van der Waals surface area (Å²) in [6.45, 7) is 4.90. The fraction of sp³-hybridized carbons (Fsp3) is 0.235. The Balaban J connectivity index is 2.33. The molecule has 2 rings (SSSR count). The highest BCUT2D eigenvalue weighted by Crippen LogP contribution is 2.23. The molecule has 0 saturated heterocycles. The van der Waals surface area contributed by atoms with Crippen molar-refractivity contribution in [2.45, 2.75) is 13.8 Å². The van der Waals surface area contributed by atoms with Crippen molar-refractivity contribution in [3.8, 4) is 11.8 Å². The first-order valence-corrected chi connectivity index (χ1v) is 7.70. The highest BCUT2D eigenvalue weighted by molar-refractivity contribution is 7.12. The fourth-order valence-corrected chi connectivity index (χ4v) is 2.81. The third-order valence-corrected chi connectivity index (χ3v) is 3.99. The number of hydrogen-bond donors (Lipinski definition) is 1. The highest BCUT2D eigenvalue weighted by atomic mass is 32.1. The van der Waals surface area contributed by atoms with Crippen molar-refractivity contribution >= 4 is 22.9 Å². The van der Waals surface area contributed by atoms with Crippen LogP contribution < -0.4 is 10.6 Å². The van der Waals surface area contributed by atoms with E-state index in [-0.39, 0.29) is 5.91 Å². The number of nitrogens with two attached hydrogens (primary N) is 1. The average molecular weight is 298 g/mol. The van der Waals surface area contributed by atoms with Gasteiger partial charge in [0.25, 0.3) is 5.91 Å². The monoisotopic (exact) mass is 298 g/mol. The van der Waals surface area contributed by atoms with E-state index in [9.17, 15) is 4.79 Å². The molecule has 21 heavy (non-hydrogen) atoms. The summed E-state index contributed by atoms with van der Waals surface area (Å²) in [7, 11) is 0. The topological polar surface area (TPSA) is 46.3 Å². The predicted molar refractivity (Wildman–Crippen MR) is 88.8 cm³/mol. The lowest BCUT2D eigenvalue weighted by atomic mass is 10.2. The molecule has 1 aromatic heterocycles. The number of carbonyl (C=O) groups is 1. The number of nitrogens with zero attached hydrogens (tertiary/aromatic N) is 1. The van der Waals surface area contributed by atoms with Gasteiger partial charge in [-0.05, 0) is 37.4 Å². The lowest BCUT2D eigenvalue weighted by Gasteiger charge is -2.20. The minimum absolute atomic E-state index is 0.0160. The van der Waals surface area contributed by atoms with Gasteiger partial charge in [0.1, 0.15) is 4.88 Å². The summed E-state index contributed by atoms with van der Waals surface area (Å²) in [6, 6.07) is 9.82. The zero-order valence-corrected chi connectivity index (χ0v) is 13.0. The van der Waals surface area contributed by atoms with E-state index in [1.807, 2.05) is 49.6 Å². The van der Waals surface area contributed by atoms with E-state index >= 15 is 0 Å². The van der Waals surface area contributed by atoms with Crippen molar-refractivity contribution in [2.24, 2.45) is 5.73 Å². The summed E-state index contributed by atoms with van der Waals surface area (Å²) in [5.74, 6) is 5.75. The Bertz CT molecular complexity index is 677. The minimum atomic E-state index is -0.0160. The van der Waals surface area contributed by atoms with Gasteiger partial charge in [-0.1, -0.05) is 29.5 Å². The zero-order chi connectivity index (χ0) is 15.2. The number of hydrogen-bond acceptors (Lipinski definition) is 3. The number of carbonyl (C=O) groups excluding carboxylic acids is 1. The van der Waals surface area contributed by atoms with Crippen LogP contribution in [0.4, 0.5) is 5.69 Å². The number of aryl methyl sites for hydroxylation is 1. The van der Waals surface area contributed by atoms with Crippen LogP contribution in [0, 0.1) is 18.8 Å². The summed E-state index contributed by atoms with van der Waals surface area (Å²) in [4.78, 5) is 15.2. The quantitative estimate of drug-likeness (QED) is 0.885. The van der Waals surface area contributed by atoms with Crippen LogP contribution in [0.5, 0.6) is 0 Å². The van der Waals surface area contributed by atoms with E-state index < -0.39 is 0 Å². The van der Waals surface area contributed by atoms with E-state index in [0.717, 1.165) is 11.3 Å². The van der Waals surface area contributed by atoms with Crippen LogP contribution in [0.25, 0.3) is 0 Å². The predicted octanol–water partition coefficient (Wildman–Crippen LogP) is 3.03. The minimum Gasteiger partial charge on any atom is -0.320 e. The Morgan fingerprint density at radius 2 is 2.00 bits per heavy atom. The van der Waals surface area contributed by atoms with Crippen LogP contribution in [-0.4, -0.2) is 19.0 Å².